The number of aliphatic hydroxyl groups excluding tert-OH is 1. The standard InChI is InChI=1S/C20H26O2S/c1-20(2,16-23-18-11-7-4-8-12-18)19(21)13-14-22-15-17-9-5-3-6-10-17/h3-12,19,21H,13-16H2,1-2H3. The molecule has 0 bridgehead atoms. The van der Waals surface area contributed by atoms with Crippen LogP contribution in [0.3, 0.4) is 0 Å². The molecule has 0 spiro atoms. The van der Waals surface area contributed by atoms with Gasteiger partial charge < -0.3 is 9.84 Å². The Bertz CT molecular complexity index is 554. The zero-order valence-corrected chi connectivity index (χ0v) is 14.8. The van der Waals surface area contributed by atoms with Gasteiger partial charge >= 0.3 is 0 Å². The van der Waals surface area contributed by atoms with Gasteiger partial charge in [0.15, 0.2) is 0 Å². The molecular formula is C20H26O2S. The van der Waals surface area contributed by atoms with E-state index in [-0.39, 0.29) is 11.5 Å². The van der Waals surface area contributed by atoms with Crippen LogP contribution < -0.4 is 0 Å². The summed E-state index contributed by atoms with van der Waals surface area (Å²) < 4.78 is 5.68. The van der Waals surface area contributed by atoms with Crippen LogP contribution in [-0.4, -0.2) is 23.6 Å². The van der Waals surface area contributed by atoms with Crippen LogP contribution in [0, 0.1) is 5.41 Å². The van der Waals surface area contributed by atoms with Crippen LogP contribution in [0.15, 0.2) is 65.6 Å². The molecule has 23 heavy (non-hydrogen) atoms. The van der Waals surface area contributed by atoms with E-state index in [4.69, 9.17) is 4.74 Å². The van der Waals surface area contributed by atoms with E-state index in [0.717, 1.165) is 5.75 Å². The molecule has 0 heterocycles. The van der Waals surface area contributed by atoms with Crippen LogP contribution in [0.4, 0.5) is 0 Å². The van der Waals surface area contributed by atoms with Crippen molar-refractivity contribution in [3.05, 3.63) is 66.2 Å². The van der Waals surface area contributed by atoms with E-state index in [0.29, 0.717) is 19.6 Å². The van der Waals surface area contributed by atoms with Crippen LogP contribution in [0.2, 0.25) is 0 Å². The van der Waals surface area contributed by atoms with E-state index in [2.05, 4.69) is 38.1 Å². The summed E-state index contributed by atoms with van der Waals surface area (Å²) in [4.78, 5) is 1.24. The number of ether oxygens (including phenoxy) is 1. The van der Waals surface area contributed by atoms with Crippen molar-refractivity contribution in [3.63, 3.8) is 0 Å². The van der Waals surface area contributed by atoms with Gasteiger partial charge in [0.2, 0.25) is 0 Å². The summed E-state index contributed by atoms with van der Waals surface area (Å²) in [5.41, 5.74) is 1.03. The Hall–Kier alpha value is -1.29. The first-order valence-electron chi connectivity index (χ1n) is 8.05. The molecule has 124 valence electrons. The molecule has 0 aromatic heterocycles. The Balaban J connectivity index is 1.69. The minimum Gasteiger partial charge on any atom is -0.392 e. The van der Waals surface area contributed by atoms with Crippen molar-refractivity contribution in [1.29, 1.82) is 0 Å². The van der Waals surface area contributed by atoms with E-state index in [1.807, 2.05) is 36.4 Å². The van der Waals surface area contributed by atoms with Crippen LogP contribution in [0.1, 0.15) is 25.8 Å². The summed E-state index contributed by atoms with van der Waals surface area (Å²) in [7, 11) is 0. The molecule has 0 saturated heterocycles. The van der Waals surface area contributed by atoms with E-state index < -0.39 is 0 Å². The lowest BCUT2D eigenvalue weighted by Crippen LogP contribution is -2.32. The SMILES string of the molecule is CC(C)(CSc1ccccc1)C(O)CCOCc1ccccc1. The second-order valence-corrected chi connectivity index (χ2v) is 7.48. The quantitative estimate of drug-likeness (QED) is 0.530. The second-order valence-electron chi connectivity index (χ2n) is 6.43. The smallest absolute Gasteiger partial charge is 0.0716 e. The number of hydrogen-bond donors (Lipinski definition) is 1. The summed E-state index contributed by atoms with van der Waals surface area (Å²) in [5.74, 6) is 0.886. The Labute approximate surface area is 143 Å². The lowest BCUT2D eigenvalue weighted by molar-refractivity contribution is 0.0208. The average Bonchev–Trinajstić information content (AvgIpc) is 2.58. The van der Waals surface area contributed by atoms with Gasteiger partial charge in [-0.25, -0.2) is 0 Å². The molecule has 1 N–H and O–H groups in total. The minimum atomic E-state index is -0.366. The van der Waals surface area contributed by atoms with Gasteiger partial charge in [0.25, 0.3) is 0 Å². The third kappa shape index (κ3) is 6.38. The molecule has 0 fully saturated rings. The molecule has 0 radical (unpaired) electrons. The lowest BCUT2D eigenvalue weighted by atomic mass is 9.87. The fourth-order valence-electron chi connectivity index (χ4n) is 2.23. The van der Waals surface area contributed by atoms with Crippen molar-refractivity contribution in [2.24, 2.45) is 5.41 Å². The average molecular weight is 330 g/mol. The maximum absolute atomic E-state index is 10.5. The monoisotopic (exact) mass is 330 g/mol. The van der Waals surface area contributed by atoms with E-state index >= 15 is 0 Å². The molecule has 0 saturated carbocycles. The normalized spacial score (nSPS) is 13.0. The molecule has 1 unspecified atom stereocenters. The third-order valence-electron chi connectivity index (χ3n) is 3.90. The number of thioether (sulfide) groups is 1. The first-order valence-corrected chi connectivity index (χ1v) is 9.04. The summed E-state index contributed by atoms with van der Waals surface area (Å²) in [6.07, 6.45) is 0.296. The molecule has 2 aromatic carbocycles. The third-order valence-corrected chi connectivity index (χ3v) is 5.40. The number of benzene rings is 2. The van der Waals surface area contributed by atoms with E-state index in [9.17, 15) is 5.11 Å². The van der Waals surface area contributed by atoms with Gasteiger partial charge in [0, 0.05) is 22.7 Å². The predicted molar refractivity (Wildman–Crippen MR) is 97.7 cm³/mol. The van der Waals surface area contributed by atoms with Crippen molar-refractivity contribution in [3.8, 4) is 0 Å². The van der Waals surface area contributed by atoms with Gasteiger partial charge in [-0.05, 0) is 24.1 Å². The summed E-state index contributed by atoms with van der Waals surface area (Å²) in [5, 5.41) is 10.5. The highest BCUT2D eigenvalue weighted by molar-refractivity contribution is 7.99. The zero-order chi connectivity index (χ0) is 16.5. The number of hydrogen-bond acceptors (Lipinski definition) is 3. The van der Waals surface area contributed by atoms with Gasteiger partial charge in [0.05, 0.1) is 12.7 Å². The highest BCUT2D eigenvalue weighted by Crippen LogP contribution is 2.31. The van der Waals surface area contributed by atoms with Crippen LogP contribution >= 0.6 is 11.8 Å². The second kappa shape index (κ2) is 9.11. The predicted octanol–water partition coefficient (Wildman–Crippen LogP) is 4.77. The van der Waals surface area contributed by atoms with Crippen molar-refractivity contribution in [2.75, 3.05) is 12.4 Å². The number of rotatable bonds is 9. The molecule has 0 aliphatic rings. The Morgan fingerprint density at radius 1 is 1.00 bits per heavy atom. The molecule has 0 amide bonds. The van der Waals surface area contributed by atoms with E-state index in [1.54, 1.807) is 11.8 Å². The van der Waals surface area contributed by atoms with Crippen LogP contribution in [0.25, 0.3) is 0 Å². The summed E-state index contributed by atoms with van der Waals surface area (Å²) in [6.45, 7) is 5.41. The van der Waals surface area contributed by atoms with Gasteiger partial charge in [-0.3, -0.25) is 0 Å². The molecule has 2 nitrogen and oxygen atoms in total. The van der Waals surface area contributed by atoms with Crippen molar-refractivity contribution in [2.45, 2.75) is 37.9 Å². The molecule has 0 aliphatic heterocycles. The molecule has 0 aliphatic carbocycles. The highest BCUT2D eigenvalue weighted by Gasteiger charge is 2.27. The lowest BCUT2D eigenvalue weighted by Gasteiger charge is -2.30. The Kier molecular flexibility index (Phi) is 7.15. The fraction of sp³-hybridized carbons (Fsp3) is 0.400. The zero-order valence-electron chi connectivity index (χ0n) is 13.9. The molecular weight excluding hydrogens is 304 g/mol. The van der Waals surface area contributed by atoms with Crippen LogP contribution in [0.5, 0.6) is 0 Å². The molecule has 2 aromatic rings. The molecule has 1 atom stereocenters. The molecule has 2 rings (SSSR count). The Morgan fingerprint density at radius 3 is 2.26 bits per heavy atom. The molecule has 3 heteroatoms. The minimum absolute atomic E-state index is 0.142. The first-order chi connectivity index (χ1) is 11.1. The van der Waals surface area contributed by atoms with Gasteiger partial charge in [-0.15, -0.1) is 11.8 Å². The summed E-state index contributed by atoms with van der Waals surface area (Å²) in [6, 6.07) is 20.5. The first kappa shape index (κ1) is 18.1. The van der Waals surface area contributed by atoms with Crippen molar-refractivity contribution in [1.82, 2.24) is 0 Å². The Morgan fingerprint density at radius 2 is 1.61 bits per heavy atom. The van der Waals surface area contributed by atoms with E-state index in [1.165, 1.54) is 10.5 Å². The topological polar surface area (TPSA) is 29.5 Å². The maximum Gasteiger partial charge on any atom is 0.0716 e. The highest BCUT2D eigenvalue weighted by atomic mass is 32.2. The van der Waals surface area contributed by atoms with Crippen molar-refractivity contribution < 1.29 is 9.84 Å². The largest absolute Gasteiger partial charge is 0.392 e. The van der Waals surface area contributed by atoms with Crippen LogP contribution in [-0.2, 0) is 11.3 Å². The summed E-state index contributed by atoms with van der Waals surface area (Å²) >= 11 is 1.79. The van der Waals surface area contributed by atoms with Gasteiger partial charge in [-0.1, -0.05) is 62.4 Å². The fourth-order valence-corrected chi connectivity index (χ4v) is 3.31. The van der Waals surface area contributed by atoms with Crippen molar-refractivity contribution >= 4 is 11.8 Å². The maximum atomic E-state index is 10.5. The van der Waals surface area contributed by atoms with Gasteiger partial charge in [0.1, 0.15) is 0 Å². The number of aliphatic hydroxyl groups is 1. The van der Waals surface area contributed by atoms with Gasteiger partial charge in [-0.2, -0.15) is 0 Å².